The summed E-state index contributed by atoms with van der Waals surface area (Å²) in [5, 5.41) is 2.19. The van der Waals surface area contributed by atoms with Crippen LogP contribution in [0.15, 0.2) is 29.2 Å². The van der Waals surface area contributed by atoms with Crippen molar-refractivity contribution in [2.75, 3.05) is 13.7 Å². The first-order valence-electron chi connectivity index (χ1n) is 4.36. The molecule has 0 aliphatic rings. The lowest BCUT2D eigenvalue weighted by Gasteiger charge is -1.96. The molecule has 4 heteroatoms. The quantitative estimate of drug-likeness (QED) is 0.563. The second-order valence-electron chi connectivity index (χ2n) is 3.03. The van der Waals surface area contributed by atoms with Crippen molar-refractivity contribution < 1.29 is 13.2 Å². The zero-order chi connectivity index (χ0) is 11.3. The molecule has 3 nitrogen and oxygen atoms in total. The average Bonchev–Trinajstić information content (AvgIpc) is 2.18. The fraction of sp³-hybridized carbons (Fsp3) is 0.273. The van der Waals surface area contributed by atoms with Crippen molar-refractivity contribution in [3.05, 3.63) is 29.8 Å². The van der Waals surface area contributed by atoms with Crippen molar-refractivity contribution in [1.82, 2.24) is 0 Å². The van der Waals surface area contributed by atoms with Crippen LogP contribution in [0.1, 0.15) is 5.56 Å². The van der Waals surface area contributed by atoms with Gasteiger partial charge in [-0.25, -0.2) is 8.42 Å². The third-order valence-electron chi connectivity index (χ3n) is 1.75. The van der Waals surface area contributed by atoms with Gasteiger partial charge in [-0.2, -0.15) is 0 Å². The van der Waals surface area contributed by atoms with E-state index in [1.165, 1.54) is 7.11 Å². The number of sulfone groups is 1. The highest BCUT2D eigenvalue weighted by Gasteiger charge is 2.09. The van der Waals surface area contributed by atoms with Crippen LogP contribution in [0.4, 0.5) is 0 Å². The Hall–Kier alpha value is -1.31. The van der Waals surface area contributed by atoms with Crippen molar-refractivity contribution in [2.45, 2.75) is 11.8 Å². The maximum Gasteiger partial charge on any atom is 0.245 e. The summed E-state index contributed by atoms with van der Waals surface area (Å²) in [6.45, 7) is 2.01. The van der Waals surface area contributed by atoms with Gasteiger partial charge in [-0.05, 0) is 19.1 Å². The van der Waals surface area contributed by atoms with Crippen LogP contribution >= 0.6 is 0 Å². The summed E-state index contributed by atoms with van der Waals surface area (Å²) >= 11 is 0. The Morgan fingerprint density at radius 3 is 2.40 bits per heavy atom. The molecule has 0 bridgehead atoms. The smallest absolute Gasteiger partial charge is 0.245 e. The number of methoxy groups -OCH3 is 1. The molecule has 1 aromatic carbocycles. The molecule has 0 atom stereocenters. The summed E-state index contributed by atoms with van der Waals surface area (Å²) < 4.78 is 27.8. The molecule has 0 amide bonds. The molecule has 0 saturated carbocycles. The number of benzene rings is 1. The van der Waals surface area contributed by atoms with Crippen molar-refractivity contribution >= 4 is 9.84 Å². The summed E-state index contributed by atoms with van der Waals surface area (Å²) in [4.78, 5) is 0.219. The maximum atomic E-state index is 11.6. The number of hydrogen-bond acceptors (Lipinski definition) is 3. The molecule has 0 aromatic heterocycles. The molecule has 0 spiro atoms. The Kier molecular flexibility index (Phi) is 3.89. The van der Waals surface area contributed by atoms with Crippen LogP contribution in [0.25, 0.3) is 0 Å². The van der Waals surface area contributed by atoms with Crippen molar-refractivity contribution in [1.29, 1.82) is 0 Å². The molecule has 0 aliphatic heterocycles. The van der Waals surface area contributed by atoms with Crippen LogP contribution in [0, 0.1) is 18.1 Å². The highest BCUT2D eigenvalue weighted by atomic mass is 32.2. The molecule has 80 valence electrons. The average molecular weight is 224 g/mol. The van der Waals surface area contributed by atoms with E-state index in [9.17, 15) is 8.42 Å². The Labute approximate surface area is 90.0 Å². The number of rotatable bonds is 2. The van der Waals surface area contributed by atoms with Crippen LogP contribution in [0.3, 0.4) is 0 Å². The molecule has 0 heterocycles. The van der Waals surface area contributed by atoms with Crippen LogP contribution < -0.4 is 0 Å². The Morgan fingerprint density at radius 2 is 1.87 bits per heavy atom. The van der Waals surface area contributed by atoms with Crippen LogP contribution in [0.2, 0.25) is 0 Å². The minimum Gasteiger partial charge on any atom is -0.372 e. The summed E-state index contributed by atoms with van der Waals surface area (Å²) in [5.74, 6) is 2.43. The zero-order valence-electron chi connectivity index (χ0n) is 8.65. The minimum atomic E-state index is -3.49. The monoisotopic (exact) mass is 224 g/mol. The van der Waals surface area contributed by atoms with Crippen molar-refractivity contribution in [3.8, 4) is 11.2 Å². The van der Waals surface area contributed by atoms with Crippen LogP contribution in [-0.2, 0) is 14.6 Å². The Bertz CT molecular complexity index is 475. The third-order valence-corrected chi connectivity index (χ3v) is 3.06. The predicted octanol–water partition coefficient (Wildman–Crippen LogP) is 1.38. The van der Waals surface area contributed by atoms with Gasteiger partial charge in [0.15, 0.2) is 0 Å². The first-order chi connectivity index (χ1) is 7.06. The molecule has 0 aliphatic carbocycles. The van der Waals surface area contributed by atoms with E-state index in [0.717, 1.165) is 5.56 Å². The Balaban J connectivity index is 2.98. The van der Waals surface area contributed by atoms with Gasteiger partial charge in [0.1, 0.15) is 6.61 Å². The van der Waals surface area contributed by atoms with Gasteiger partial charge < -0.3 is 4.74 Å². The maximum absolute atomic E-state index is 11.6. The van der Waals surface area contributed by atoms with E-state index in [1.54, 1.807) is 24.3 Å². The second-order valence-corrected chi connectivity index (χ2v) is 4.71. The SMILES string of the molecule is COCC#CS(=O)(=O)c1ccc(C)cc1. The molecular formula is C11H12O3S. The normalized spacial score (nSPS) is 10.5. The summed E-state index contributed by atoms with van der Waals surface area (Å²) in [6, 6.07) is 6.58. The predicted molar refractivity (Wildman–Crippen MR) is 58.0 cm³/mol. The van der Waals surface area contributed by atoms with E-state index < -0.39 is 9.84 Å². The van der Waals surface area contributed by atoms with Gasteiger partial charge in [-0.3, -0.25) is 0 Å². The van der Waals surface area contributed by atoms with E-state index >= 15 is 0 Å². The molecule has 15 heavy (non-hydrogen) atoms. The Morgan fingerprint density at radius 1 is 1.27 bits per heavy atom. The molecule has 0 unspecified atom stereocenters. The van der Waals surface area contributed by atoms with Gasteiger partial charge in [-0.1, -0.05) is 23.6 Å². The van der Waals surface area contributed by atoms with E-state index in [2.05, 4.69) is 15.9 Å². The first-order valence-corrected chi connectivity index (χ1v) is 5.85. The lowest BCUT2D eigenvalue weighted by molar-refractivity contribution is 0.240. The second kappa shape index (κ2) is 4.96. The van der Waals surface area contributed by atoms with E-state index in [4.69, 9.17) is 0 Å². The molecule has 0 fully saturated rings. The molecule has 0 saturated heterocycles. The first kappa shape index (κ1) is 11.8. The molecule has 1 aromatic rings. The summed E-state index contributed by atoms with van der Waals surface area (Å²) in [7, 11) is -2.02. The third kappa shape index (κ3) is 3.39. The summed E-state index contributed by atoms with van der Waals surface area (Å²) in [6.07, 6.45) is 0. The highest BCUT2D eigenvalue weighted by Crippen LogP contribution is 2.10. The largest absolute Gasteiger partial charge is 0.372 e. The zero-order valence-corrected chi connectivity index (χ0v) is 9.47. The molecule has 1 rings (SSSR count). The van der Waals surface area contributed by atoms with E-state index in [1.807, 2.05) is 6.92 Å². The van der Waals surface area contributed by atoms with E-state index in [-0.39, 0.29) is 11.5 Å². The van der Waals surface area contributed by atoms with Crippen LogP contribution in [-0.4, -0.2) is 22.1 Å². The molecular weight excluding hydrogens is 212 g/mol. The topological polar surface area (TPSA) is 43.4 Å². The number of ether oxygens (including phenoxy) is 1. The van der Waals surface area contributed by atoms with Gasteiger partial charge in [0, 0.05) is 12.4 Å². The molecule has 0 N–H and O–H groups in total. The fourth-order valence-corrected chi connectivity index (χ4v) is 1.83. The fourth-order valence-electron chi connectivity index (χ4n) is 0.973. The van der Waals surface area contributed by atoms with Crippen LogP contribution in [0.5, 0.6) is 0 Å². The summed E-state index contributed by atoms with van der Waals surface area (Å²) in [5.41, 5.74) is 1.01. The number of hydrogen-bond donors (Lipinski definition) is 0. The highest BCUT2D eigenvalue weighted by molar-refractivity contribution is 7.96. The van der Waals surface area contributed by atoms with Gasteiger partial charge in [0.2, 0.25) is 9.84 Å². The van der Waals surface area contributed by atoms with Gasteiger partial charge in [-0.15, -0.1) is 0 Å². The van der Waals surface area contributed by atoms with Crippen molar-refractivity contribution in [2.24, 2.45) is 0 Å². The van der Waals surface area contributed by atoms with Gasteiger partial charge >= 0.3 is 0 Å². The van der Waals surface area contributed by atoms with Gasteiger partial charge in [0.25, 0.3) is 0 Å². The lowest BCUT2D eigenvalue weighted by atomic mass is 10.2. The minimum absolute atomic E-state index is 0.116. The van der Waals surface area contributed by atoms with Gasteiger partial charge in [0.05, 0.1) is 4.90 Å². The molecule has 0 radical (unpaired) electrons. The van der Waals surface area contributed by atoms with E-state index in [0.29, 0.717) is 0 Å². The number of aryl methyl sites for hydroxylation is 1. The standard InChI is InChI=1S/C11H12O3S/c1-10-4-6-11(7-5-10)15(12,13)9-3-8-14-2/h4-7H,8H2,1-2H3. The van der Waals surface area contributed by atoms with Crippen molar-refractivity contribution in [3.63, 3.8) is 0 Å². The lowest BCUT2D eigenvalue weighted by Crippen LogP contribution is -1.97.